The average Bonchev–Trinajstić information content (AvgIpc) is 2.31. The van der Waals surface area contributed by atoms with E-state index in [2.05, 4.69) is 5.32 Å². The molecule has 0 atom stereocenters. The third-order valence-electron chi connectivity index (χ3n) is 2.89. The van der Waals surface area contributed by atoms with Gasteiger partial charge in [-0.2, -0.15) is 13.2 Å². The van der Waals surface area contributed by atoms with Gasteiger partial charge in [0.2, 0.25) is 0 Å². The lowest BCUT2D eigenvalue weighted by molar-refractivity contribution is -0.138. The van der Waals surface area contributed by atoms with Crippen LogP contribution in [-0.2, 0) is 12.7 Å². The van der Waals surface area contributed by atoms with Crippen molar-refractivity contribution in [3.05, 3.63) is 29.3 Å². The fourth-order valence-corrected chi connectivity index (χ4v) is 1.96. The molecule has 0 radical (unpaired) electrons. The van der Waals surface area contributed by atoms with Gasteiger partial charge in [0.15, 0.2) is 0 Å². The molecule has 0 aliphatic heterocycles. The highest BCUT2D eigenvalue weighted by Crippen LogP contribution is 2.34. The van der Waals surface area contributed by atoms with Crippen molar-refractivity contribution in [1.82, 2.24) is 5.32 Å². The van der Waals surface area contributed by atoms with Gasteiger partial charge in [0.05, 0.1) is 5.56 Å². The predicted octanol–water partition coefficient (Wildman–Crippen LogP) is 3.27. The van der Waals surface area contributed by atoms with Gasteiger partial charge in [0, 0.05) is 25.3 Å². The van der Waals surface area contributed by atoms with Gasteiger partial charge in [0.1, 0.15) is 0 Å². The summed E-state index contributed by atoms with van der Waals surface area (Å²) in [6, 6.07) is 4.53. The highest BCUT2D eigenvalue weighted by Gasteiger charge is 2.33. The lowest BCUT2D eigenvalue weighted by atomic mass is 10.1. The van der Waals surface area contributed by atoms with Crippen LogP contribution in [0.2, 0.25) is 0 Å². The summed E-state index contributed by atoms with van der Waals surface area (Å²) in [6.45, 7) is 5.46. The predicted molar refractivity (Wildman–Crippen MR) is 67.8 cm³/mol. The van der Waals surface area contributed by atoms with Gasteiger partial charge in [0.25, 0.3) is 0 Å². The molecule has 1 aromatic rings. The number of anilines is 1. The molecule has 2 nitrogen and oxygen atoms in total. The molecule has 0 unspecified atom stereocenters. The Morgan fingerprint density at radius 1 is 1.17 bits per heavy atom. The largest absolute Gasteiger partial charge is 0.416 e. The standard InChI is InChI=1S/C13H19F3N2/c1-4-18(5-2)11-7-6-10(9-17-3)12(8-11)13(14,15)16/h6-8,17H,4-5,9H2,1-3H3. The molecular formula is C13H19F3N2. The lowest BCUT2D eigenvalue weighted by Gasteiger charge is -2.23. The van der Waals surface area contributed by atoms with Gasteiger partial charge in [-0.3, -0.25) is 0 Å². The Morgan fingerprint density at radius 3 is 2.22 bits per heavy atom. The number of rotatable bonds is 5. The summed E-state index contributed by atoms with van der Waals surface area (Å²) < 4.78 is 38.9. The Bertz CT molecular complexity index is 384. The number of nitrogens with one attached hydrogen (secondary N) is 1. The summed E-state index contributed by atoms with van der Waals surface area (Å²) in [5, 5.41) is 2.76. The van der Waals surface area contributed by atoms with Crippen LogP contribution in [-0.4, -0.2) is 20.1 Å². The van der Waals surface area contributed by atoms with Crippen LogP contribution in [0.15, 0.2) is 18.2 Å². The van der Waals surface area contributed by atoms with Crippen LogP contribution in [0.3, 0.4) is 0 Å². The maximum atomic E-state index is 13.0. The second-order valence-electron chi connectivity index (χ2n) is 4.04. The lowest BCUT2D eigenvalue weighted by Crippen LogP contribution is -2.23. The minimum Gasteiger partial charge on any atom is -0.372 e. The maximum Gasteiger partial charge on any atom is 0.416 e. The van der Waals surface area contributed by atoms with Crippen molar-refractivity contribution in [3.8, 4) is 0 Å². The first-order chi connectivity index (χ1) is 8.43. The van der Waals surface area contributed by atoms with E-state index in [4.69, 9.17) is 0 Å². The molecule has 18 heavy (non-hydrogen) atoms. The Hall–Kier alpha value is -1.23. The minimum atomic E-state index is -4.31. The molecule has 0 heterocycles. The Labute approximate surface area is 106 Å². The molecule has 0 spiro atoms. The first kappa shape index (κ1) is 14.8. The van der Waals surface area contributed by atoms with Crippen LogP contribution < -0.4 is 10.2 Å². The van der Waals surface area contributed by atoms with E-state index in [0.717, 1.165) is 0 Å². The molecule has 0 fully saturated rings. The van der Waals surface area contributed by atoms with Gasteiger partial charge < -0.3 is 10.2 Å². The molecule has 5 heteroatoms. The summed E-state index contributed by atoms with van der Waals surface area (Å²) in [6.07, 6.45) is -4.31. The summed E-state index contributed by atoms with van der Waals surface area (Å²) in [4.78, 5) is 1.90. The van der Waals surface area contributed by atoms with E-state index in [0.29, 0.717) is 18.8 Å². The van der Waals surface area contributed by atoms with E-state index in [1.807, 2.05) is 18.7 Å². The molecule has 0 aliphatic carbocycles. The van der Waals surface area contributed by atoms with Crippen LogP contribution in [0.5, 0.6) is 0 Å². The zero-order valence-electron chi connectivity index (χ0n) is 10.9. The molecule has 0 aliphatic rings. The number of benzene rings is 1. The number of hydrogen-bond acceptors (Lipinski definition) is 2. The number of hydrogen-bond donors (Lipinski definition) is 1. The second-order valence-corrected chi connectivity index (χ2v) is 4.04. The first-order valence-electron chi connectivity index (χ1n) is 6.03. The molecular weight excluding hydrogens is 241 g/mol. The fraction of sp³-hybridized carbons (Fsp3) is 0.538. The molecule has 0 amide bonds. The zero-order valence-corrected chi connectivity index (χ0v) is 10.9. The van der Waals surface area contributed by atoms with Crippen molar-refractivity contribution in [3.63, 3.8) is 0 Å². The van der Waals surface area contributed by atoms with E-state index >= 15 is 0 Å². The van der Waals surface area contributed by atoms with Crippen LogP contribution in [0.4, 0.5) is 18.9 Å². The van der Waals surface area contributed by atoms with Gasteiger partial charge in [-0.25, -0.2) is 0 Å². The maximum absolute atomic E-state index is 13.0. The zero-order chi connectivity index (χ0) is 13.8. The van der Waals surface area contributed by atoms with Gasteiger partial charge in [-0.1, -0.05) is 6.07 Å². The monoisotopic (exact) mass is 260 g/mol. The van der Waals surface area contributed by atoms with E-state index in [9.17, 15) is 13.2 Å². The van der Waals surface area contributed by atoms with E-state index in [-0.39, 0.29) is 12.1 Å². The van der Waals surface area contributed by atoms with E-state index < -0.39 is 11.7 Å². The Kier molecular flexibility index (Phi) is 5.02. The van der Waals surface area contributed by atoms with Crippen molar-refractivity contribution >= 4 is 5.69 Å². The van der Waals surface area contributed by atoms with Crippen LogP contribution in [0, 0.1) is 0 Å². The van der Waals surface area contributed by atoms with Crippen molar-refractivity contribution in [1.29, 1.82) is 0 Å². The van der Waals surface area contributed by atoms with Crippen molar-refractivity contribution < 1.29 is 13.2 Å². The smallest absolute Gasteiger partial charge is 0.372 e. The van der Waals surface area contributed by atoms with Crippen LogP contribution >= 0.6 is 0 Å². The summed E-state index contributed by atoms with van der Waals surface area (Å²) in [7, 11) is 1.64. The van der Waals surface area contributed by atoms with Gasteiger partial charge >= 0.3 is 6.18 Å². The van der Waals surface area contributed by atoms with Gasteiger partial charge in [-0.15, -0.1) is 0 Å². The molecule has 102 valence electrons. The number of nitrogens with zero attached hydrogens (tertiary/aromatic N) is 1. The van der Waals surface area contributed by atoms with Crippen molar-refractivity contribution in [2.45, 2.75) is 26.6 Å². The number of halogens is 3. The third-order valence-corrected chi connectivity index (χ3v) is 2.89. The quantitative estimate of drug-likeness (QED) is 0.874. The summed E-state index contributed by atoms with van der Waals surface area (Å²) in [5.74, 6) is 0. The Balaban J connectivity index is 3.20. The van der Waals surface area contributed by atoms with Crippen LogP contribution in [0.1, 0.15) is 25.0 Å². The van der Waals surface area contributed by atoms with Crippen molar-refractivity contribution in [2.24, 2.45) is 0 Å². The highest BCUT2D eigenvalue weighted by atomic mass is 19.4. The Morgan fingerprint density at radius 2 is 1.78 bits per heavy atom. The molecule has 0 saturated carbocycles. The third kappa shape index (κ3) is 3.38. The molecule has 0 bridgehead atoms. The van der Waals surface area contributed by atoms with Crippen LogP contribution in [0.25, 0.3) is 0 Å². The van der Waals surface area contributed by atoms with E-state index in [1.54, 1.807) is 19.2 Å². The van der Waals surface area contributed by atoms with E-state index in [1.165, 1.54) is 6.07 Å². The van der Waals surface area contributed by atoms with Gasteiger partial charge in [-0.05, 0) is 38.6 Å². The topological polar surface area (TPSA) is 15.3 Å². The van der Waals surface area contributed by atoms with Crippen molar-refractivity contribution in [2.75, 3.05) is 25.0 Å². The number of alkyl halides is 3. The average molecular weight is 260 g/mol. The molecule has 1 N–H and O–H groups in total. The first-order valence-corrected chi connectivity index (χ1v) is 6.03. The highest BCUT2D eigenvalue weighted by molar-refractivity contribution is 5.51. The fourth-order valence-electron chi connectivity index (χ4n) is 1.96. The summed E-state index contributed by atoms with van der Waals surface area (Å²) in [5.41, 5.74) is 0.342. The molecule has 0 saturated heterocycles. The molecule has 1 rings (SSSR count). The molecule has 1 aromatic carbocycles. The normalized spacial score (nSPS) is 11.7. The minimum absolute atomic E-state index is 0.216. The summed E-state index contributed by atoms with van der Waals surface area (Å²) >= 11 is 0. The SMILES string of the molecule is CCN(CC)c1ccc(CNC)c(C(F)(F)F)c1. The second kappa shape index (κ2) is 6.09. The molecule has 0 aromatic heterocycles.